The van der Waals surface area contributed by atoms with Gasteiger partial charge in [-0.3, -0.25) is 25.1 Å². The molecule has 1 amide bonds. The van der Waals surface area contributed by atoms with Crippen LogP contribution in [0.3, 0.4) is 0 Å². The van der Waals surface area contributed by atoms with Crippen molar-refractivity contribution >= 4 is 11.6 Å². The van der Waals surface area contributed by atoms with Gasteiger partial charge in [-0.25, -0.2) is 5.48 Å². The highest BCUT2D eigenvalue weighted by Crippen LogP contribution is 2.22. The second kappa shape index (κ2) is 4.98. The number of phenols is 1. The van der Waals surface area contributed by atoms with Crippen molar-refractivity contribution in [2.45, 2.75) is 12.6 Å². The molecule has 1 unspecified atom stereocenters. The van der Waals surface area contributed by atoms with E-state index < -0.39 is 11.0 Å². The molecule has 96 valence electrons. The van der Waals surface area contributed by atoms with Crippen LogP contribution in [-0.2, 0) is 16.2 Å². The fourth-order valence-electron chi connectivity index (χ4n) is 1.55. The van der Waals surface area contributed by atoms with Gasteiger partial charge in [0.1, 0.15) is 11.8 Å². The lowest BCUT2D eigenvalue weighted by atomic mass is 10.1. The molecular weight excluding hydrogens is 242 g/mol. The van der Waals surface area contributed by atoms with Gasteiger partial charge < -0.3 is 5.11 Å². The van der Waals surface area contributed by atoms with Crippen LogP contribution in [0.4, 0.5) is 5.69 Å². The summed E-state index contributed by atoms with van der Waals surface area (Å²) >= 11 is 0. The third-order valence-electron chi connectivity index (χ3n) is 2.55. The predicted octanol–water partition coefficient (Wildman–Crippen LogP) is -0.180. The first kappa shape index (κ1) is 12.3. The quantitative estimate of drug-likeness (QED) is 0.506. The summed E-state index contributed by atoms with van der Waals surface area (Å²) in [6.45, 7) is 0.309. The fourth-order valence-corrected chi connectivity index (χ4v) is 1.55. The van der Waals surface area contributed by atoms with Gasteiger partial charge in [0.15, 0.2) is 0 Å². The molecule has 1 aromatic rings. The minimum absolute atomic E-state index is 0.0626. The molecule has 1 heterocycles. The number of carbonyl (C=O) groups excluding carboxylic acids is 1. The lowest BCUT2D eigenvalue weighted by molar-refractivity contribution is -0.384. The van der Waals surface area contributed by atoms with E-state index in [2.05, 4.69) is 10.8 Å². The summed E-state index contributed by atoms with van der Waals surface area (Å²) in [5.41, 5.74) is 2.41. The number of hydroxylamine groups is 1. The van der Waals surface area contributed by atoms with E-state index in [0.717, 1.165) is 0 Å². The van der Waals surface area contributed by atoms with E-state index in [-0.39, 0.29) is 30.5 Å². The number of rotatable bonds is 4. The summed E-state index contributed by atoms with van der Waals surface area (Å²) < 4.78 is 0. The van der Waals surface area contributed by atoms with Crippen LogP contribution < -0.4 is 10.8 Å². The smallest absolute Gasteiger partial charge is 0.270 e. The second-order valence-corrected chi connectivity index (χ2v) is 3.78. The minimum Gasteiger partial charge on any atom is -0.508 e. The van der Waals surface area contributed by atoms with Crippen molar-refractivity contribution in [1.29, 1.82) is 0 Å². The number of phenolic OH excluding ortho intramolecular Hbond substituents is 1. The highest BCUT2D eigenvalue weighted by atomic mass is 16.7. The van der Waals surface area contributed by atoms with E-state index in [0.29, 0.717) is 5.56 Å². The zero-order valence-corrected chi connectivity index (χ0v) is 9.25. The van der Waals surface area contributed by atoms with Gasteiger partial charge in [-0.15, -0.1) is 0 Å². The van der Waals surface area contributed by atoms with Crippen LogP contribution in [0.2, 0.25) is 0 Å². The molecule has 1 aliphatic heterocycles. The van der Waals surface area contributed by atoms with Crippen LogP contribution in [0.25, 0.3) is 0 Å². The predicted molar refractivity (Wildman–Crippen MR) is 59.5 cm³/mol. The maximum atomic E-state index is 11.2. The van der Waals surface area contributed by atoms with E-state index in [1.165, 1.54) is 18.2 Å². The summed E-state index contributed by atoms with van der Waals surface area (Å²) in [6, 6.07) is 3.20. The molecule has 1 atom stereocenters. The topological polar surface area (TPSA) is 114 Å². The standard InChI is InChI=1S/C10H11N3O5/c14-9-2-1-7(13(16)17)3-6(9)4-11-8-5-18-12-10(8)15/h1-3,8,11,14H,4-5H2,(H,12,15). The molecule has 0 saturated carbocycles. The number of nitrogens with one attached hydrogen (secondary N) is 2. The molecule has 0 radical (unpaired) electrons. The van der Waals surface area contributed by atoms with E-state index in [1.54, 1.807) is 0 Å². The average Bonchev–Trinajstić information content (AvgIpc) is 2.73. The summed E-state index contributed by atoms with van der Waals surface area (Å²) in [7, 11) is 0. The average molecular weight is 253 g/mol. The van der Waals surface area contributed by atoms with Crippen LogP contribution >= 0.6 is 0 Å². The van der Waals surface area contributed by atoms with Crippen LogP contribution in [0.5, 0.6) is 5.75 Å². The van der Waals surface area contributed by atoms with Gasteiger partial charge in [0.25, 0.3) is 11.6 Å². The lowest BCUT2D eigenvalue weighted by Crippen LogP contribution is -2.37. The first-order valence-corrected chi connectivity index (χ1v) is 5.19. The Labute approximate surface area is 102 Å². The number of carbonyl (C=O) groups is 1. The number of amides is 1. The summed E-state index contributed by atoms with van der Waals surface area (Å²) in [5, 5.41) is 23.0. The van der Waals surface area contributed by atoms with Crippen LogP contribution in [0.15, 0.2) is 18.2 Å². The van der Waals surface area contributed by atoms with Crippen LogP contribution in [-0.4, -0.2) is 28.6 Å². The highest BCUT2D eigenvalue weighted by molar-refractivity contribution is 5.82. The maximum absolute atomic E-state index is 11.2. The summed E-state index contributed by atoms with van der Waals surface area (Å²) in [4.78, 5) is 26.0. The van der Waals surface area contributed by atoms with Gasteiger partial charge in [0.05, 0.1) is 11.5 Å². The number of nitro groups is 1. The molecule has 0 aliphatic carbocycles. The fraction of sp³-hybridized carbons (Fsp3) is 0.300. The molecule has 18 heavy (non-hydrogen) atoms. The molecular formula is C10H11N3O5. The molecule has 1 fully saturated rings. The van der Waals surface area contributed by atoms with Gasteiger partial charge in [-0.05, 0) is 6.07 Å². The molecule has 3 N–H and O–H groups in total. The number of benzene rings is 1. The SMILES string of the molecule is O=C1NOCC1NCc1cc([N+](=O)[O-])ccc1O. The number of aromatic hydroxyl groups is 1. The third-order valence-corrected chi connectivity index (χ3v) is 2.55. The third kappa shape index (κ3) is 2.55. The van der Waals surface area contributed by atoms with Crippen molar-refractivity contribution in [2.24, 2.45) is 0 Å². The minimum atomic E-state index is -0.547. The summed E-state index contributed by atoms with van der Waals surface area (Å²) in [5.74, 6) is -0.368. The zero-order chi connectivity index (χ0) is 13.1. The number of nitro benzene ring substituents is 1. The van der Waals surface area contributed by atoms with Gasteiger partial charge >= 0.3 is 0 Å². The molecule has 1 aromatic carbocycles. The normalized spacial score (nSPS) is 18.7. The van der Waals surface area contributed by atoms with Gasteiger partial charge in [0, 0.05) is 24.2 Å². The Morgan fingerprint density at radius 3 is 3.00 bits per heavy atom. The Morgan fingerprint density at radius 2 is 2.39 bits per heavy atom. The van der Waals surface area contributed by atoms with Crippen LogP contribution in [0, 0.1) is 10.1 Å². The zero-order valence-electron chi connectivity index (χ0n) is 9.25. The van der Waals surface area contributed by atoms with Crippen molar-refractivity contribution < 1.29 is 19.7 Å². The van der Waals surface area contributed by atoms with Gasteiger partial charge in [0.2, 0.25) is 0 Å². The first-order chi connectivity index (χ1) is 8.58. The Bertz CT molecular complexity index is 490. The Hall–Kier alpha value is -2.19. The van der Waals surface area contributed by atoms with Crippen LogP contribution in [0.1, 0.15) is 5.56 Å². The highest BCUT2D eigenvalue weighted by Gasteiger charge is 2.25. The molecule has 8 nitrogen and oxygen atoms in total. The molecule has 0 spiro atoms. The lowest BCUT2D eigenvalue weighted by Gasteiger charge is -2.09. The summed E-state index contributed by atoms with van der Waals surface area (Å²) in [6.07, 6.45) is 0. The number of non-ortho nitro benzene ring substituents is 1. The van der Waals surface area contributed by atoms with Crippen molar-refractivity contribution in [3.63, 3.8) is 0 Å². The Morgan fingerprint density at radius 1 is 1.61 bits per heavy atom. The molecule has 2 rings (SSSR count). The van der Waals surface area contributed by atoms with E-state index in [1.807, 2.05) is 0 Å². The van der Waals surface area contributed by atoms with Gasteiger partial charge in [-0.1, -0.05) is 0 Å². The van der Waals surface area contributed by atoms with Crippen molar-refractivity contribution in [3.8, 4) is 5.75 Å². The number of nitrogens with zero attached hydrogens (tertiary/aromatic N) is 1. The first-order valence-electron chi connectivity index (χ1n) is 5.19. The molecule has 1 saturated heterocycles. The van der Waals surface area contributed by atoms with Crippen molar-refractivity contribution in [3.05, 3.63) is 33.9 Å². The molecule has 0 bridgehead atoms. The Kier molecular flexibility index (Phi) is 3.40. The molecule has 8 heteroatoms. The van der Waals surface area contributed by atoms with E-state index in [9.17, 15) is 20.0 Å². The van der Waals surface area contributed by atoms with Gasteiger partial charge in [-0.2, -0.15) is 0 Å². The molecule has 1 aliphatic rings. The monoisotopic (exact) mass is 253 g/mol. The molecule has 0 aromatic heterocycles. The maximum Gasteiger partial charge on any atom is 0.270 e. The van der Waals surface area contributed by atoms with Crippen molar-refractivity contribution in [1.82, 2.24) is 10.8 Å². The largest absolute Gasteiger partial charge is 0.508 e. The van der Waals surface area contributed by atoms with E-state index in [4.69, 9.17) is 4.84 Å². The Balaban J connectivity index is 2.06. The van der Waals surface area contributed by atoms with E-state index >= 15 is 0 Å². The number of hydrogen-bond acceptors (Lipinski definition) is 6. The second-order valence-electron chi connectivity index (χ2n) is 3.78. The van der Waals surface area contributed by atoms with Crippen molar-refractivity contribution in [2.75, 3.05) is 6.61 Å². The number of hydrogen-bond donors (Lipinski definition) is 3.